The Bertz CT molecular complexity index is 821. The summed E-state index contributed by atoms with van der Waals surface area (Å²) < 4.78 is 5.64. The molecule has 3 rings (SSSR count). The van der Waals surface area contributed by atoms with E-state index in [0.717, 1.165) is 38.0 Å². The van der Waals surface area contributed by atoms with E-state index in [1.807, 2.05) is 12.1 Å². The summed E-state index contributed by atoms with van der Waals surface area (Å²) in [5, 5.41) is 13.4. The topological polar surface area (TPSA) is 61.8 Å². The number of carbonyl (C=O) groups is 1. The minimum atomic E-state index is -0.678. The summed E-state index contributed by atoms with van der Waals surface area (Å²) in [6, 6.07) is 13.1. The zero-order valence-electron chi connectivity index (χ0n) is 16.4. The second-order valence-corrected chi connectivity index (χ2v) is 8.22. The third-order valence-corrected chi connectivity index (χ3v) is 5.55. The molecule has 156 valence electrons. The maximum Gasteiger partial charge on any atom is 0.261 e. The largest absolute Gasteiger partial charge is 0.479 e. The van der Waals surface area contributed by atoms with Gasteiger partial charge in [0.25, 0.3) is 5.91 Å². The lowest BCUT2D eigenvalue weighted by atomic mass is 10.1. The van der Waals surface area contributed by atoms with Crippen LogP contribution in [0, 0.1) is 0 Å². The van der Waals surface area contributed by atoms with Gasteiger partial charge in [-0.1, -0.05) is 47.5 Å². The normalized spacial score (nSPS) is 16.4. The van der Waals surface area contributed by atoms with Gasteiger partial charge in [-0.25, -0.2) is 0 Å². The second-order valence-electron chi connectivity index (χ2n) is 7.38. The van der Waals surface area contributed by atoms with Gasteiger partial charge in [0, 0.05) is 31.2 Å². The van der Waals surface area contributed by atoms with E-state index in [4.69, 9.17) is 27.9 Å². The smallest absolute Gasteiger partial charge is 0.261 e. The molecule has 0 spiro atoms. The molecular formula is C22H26Cl2N2O3. The molecule has 2 aromatic rings. The Labute approximate surface area is 181 Å². The number of amides is 1. The average Bonchev–Trinajstić information content (AvgIpc) is 2.71. The molecule has 1 aliphatic rings. The minimum Gasteiger partial charge on any atom is -0.479 e. The van der Waals surface area contributed by atoms with Gasteiger partial charge in [0.05, 0.1) is 11.1 Å². The lowest BCUT2D eigenvalue weighted by Gasteiger charge is -2.29. The molecule has 1 fully saturated rings. The third kappa shape index (κ3) is 6.61. The standard InChI is InChI=1S/C22H26Cl2N2O3/c1-15(29-21-7-6-18(23)12-20(21)24)22(28)25-13-16-2-4-17(5-3-16)14-26-10-8-19(27)9-11-26/h2-7,12,15,19,27H,8-11,13-14H2,1H3,(H,25,28). The monoisotopic (exact) mass is 436 g/mol. The summed E-state index contributed by atoms with van der Waals surface area (Å²) in [6.45, 7) is 4.84. The van der Waals surface area contributed by atoms with Gasteiger partial charge in [0.1, 0.15) is 5.75 Å². The molecule has 29 heavy (non-hydrogen) atoms. The maximum absolute atomic E-state index is 12.3. The molecule has 0 aromatic heterocycles. The number of nitrogens with zero attached hydrogens (tertiary/aromatic N) is 1. The van der Waals surface area contributed by atoms with Gasteiger partial charge in [-0.2, -0.15) is 0 Å². The first-order valence-electron chi connectivity index (χ1n) is 9.78. The van der Waals surface area contributed by atoms with Gasteiger partial charge in [0.2, 0.25) is 0 Å². The van der Waals surface area contributed by atoms with Crippen molar-refractivity contribution in [1.29, 1.82) is 0 Å². The maximum atomic E-state index is 12.3. The molecule has 1 atom stereocenters. The number of hydrogen-bond donors (Lipinski definition) is 2. The van der Waals surface area contributed by atoms with Crippen molar-refractivity contribution in [2.45, 2.75) is 45.1 Å². The molecule has 7 heteroatoms. The van der Waals surface area contributed by atoms with Crippen molar-refractivity contribution in [1.82, 2.24) is 10.2 Å². The Balaban J connectivity index is 1.45. The fourth-order valence-electron chi connectivity index (χ4n) is 3.25. The van der Waals surface area contributed by atoms with Crippen molar-refractivity contribution < 1.29 is 14.6 Å². The molecule has 1 saturated heterocycles. The molecule has 1 aliphatic heterocycles. The fraction of sp³-hybridized carbons (Fsp3) is 0.409. The summed E-state index contributed by atoms with van der Waals surface area (Å²) in [5.74, 6) is 0.209. The fourth-order valence-corrected chi connectivity index (χ4v) is 3.70. The Morgan fingerprint density at radius 1 is 1.17 bits per heavy atom. The number of piperidine rings is 1. The molecule has 5 nitrogen and oxygen atoms in total. The van der Waals surface area contributed by atoms with Crippen LogP contribution in [0.15, 0.2) is 42.5 Å². The third-order valence-electron chi connectivity index (χ3n) is 5.02. The van der Waals surface area contributed by atoms with Crippen LogP contribution in [0.2, 0.25) is 10.0 Å². The van der Waals surface area contributed by atoms with E-state index in [0.29, 0.717) is 22.3 Å². The lowest BCUT2D eigenvalue weighted by Crippen LogP contribution is -2.36. The first-order chi connectivity index (χ1) is 13.9. The molecule has 0 radical (unpaired) electrons. The summed E-state index contributed by atoms with van der Waals surface area (Å²) in [4.78, 5) is 14.7. The average molecular weight is 437 g/mol. The number of ether oxygens (including phenoxy) is 1. The van der Waals surface area contributed by atoms with Crippen molar-refractivity contribution >= 4 is 29.1 Å². The van der Waals surface area contributed by atoms with Gasteiger partial charge in [0.15, 0.2) is 6.10 Å². The predicted molar refractivity (Wildman–Crippen MR) is 115 cm³/mol. The number of likely N-dealkylation sites (tertiary alicyclic amines) is 1. The Kier molecular flexibility index (Phi) is 7.78. The number of halogens is 2. The highest BCUT2D eigenvalue weighted by Gasteiger charge is 2.17. The van der Waals surface area contributed by atoms with E-state index < -0.39 is 6.10 Å². The van der Waals surface area contributed by atoms with E-state index in [2.05, 4.69) is 22.3 Å². The molecule has 0 bridgehead atoms. The minimum absolute atomic E-state index is 0.153. The number of aliphatic hydroxyl groups is 1. The summed E-state index contributed by atoms with van der Waals surface area (Å²) in [7, 11) is 0. The highest BCUT2D eigenvalue weighted by molar-refractivity contribution is 6.35. The Hall–Kier alpha value is -1.79. The van der Waals surface area contributed by atoms with Crippen LogP contribution in [0.1, 0.15) is 30.9 Å². The Morgan fingerprint density at radius 2 is 1.83 bits per heavy atom. The van der Waals surface area contributed by atoms with E-state index >= 15 is 0 Å². The van der Waals surface area contributed by atoms with E-state index in [1.54, 1.807) is 25.1 Å². The summed E-state index contributed by atoms with van der Waals surface area (Å²) in [5.41, 5.74) is 2.25. The van der Waals surface area contributed by atoms with Gasteiger partial charge in [-0.15, -0.1) is 0 Å². The molecule has 2 N–H and O–H groups in total. The molecule has 0 aliphatic carbocycles. The second kappa shape index (κ2) is 10.3. The number of aliphatic hydroxyl groups excluding tert-OH is 1. The highest BCUT2D eigenvalue weighted by Crippen LogP contribution is 2.28. The van der Waals surface area contributed by atoms with Gasteiger partial charge in [-0.05, 0) is 49.1 Å². The number of carbonyl (C=O) groups excluding carboxylic acids is 1. The van der Waals surface area contributed by atoms with Crippen LogP contribution in [0.3, 0.4) is 0 Å². The number of hydrogen-bond acceptors (Lipinski definition) is 4. The van der Waals surface area contributed by atoms with E-state index in [1.165, 1.54) is 5.56 Å². The van der Waals surface area contributed by atoms with Gasteiger partial charge < -0.3 is 15.2 Å². The summed E-state index contributed by atoms with van der Waals surface area (Å²) >= 11 is 12.0. The van der Waals surface area contributed by atoms with Crippen molar-refractivity contribution in [3.8, 4) is 5.75 Å². The SMILES string of the molecule is CC(Oc1ccc(Cl)cc1Cl)C(=O)NCc1ccc(CN2CCC(O)CC2)cc1. The van der Waals surface area contributed by atoms with Crippen LogP contribution in [0.4, 0.5) is 0 Å². The molecule has 1 amide bonds. The quantitative estimate of drug-likeness (QED) is 0.687. The molecule has 1 heterocycles. The molecule has 1 unspecified atom stereocenters. The van der Waals surface area contributed by atoms with Crippen molar-refractivity contribution in [3.05, 3.63) is 63.6 Å². The first-order valence-corrected chi connectivity index (χ1v) is 10.5. The summed E-state index contributed by atoms with van der Waals surface area (Å²) in [6.07, 6.45) is 0.846. The van der Waals surface area contributed by atoms with Crippen LogP contribution in [-0.2, 0) is 17.9 Å². The van der Waals surface area contributed by atoms with Crippen LogP contribution in [-0.4, -0.2) is 41.2 Å². The number of benzene rings is 2. The molecule has 0 saturated carbocycles. The van der Waals surface area contributed by atoms with Gasteiger partial charge in [-0.3, -0.25) is 9.69 Å². The van der Waals surface area contributed by atoms with E-state index in [-0.39, 0.29) is 12.0 Å². The predicted octanol–water partition coefficient (Wildman–Crippen LogP) is 4.03. The first kappa shape index (κ1) is 21.9. The molecular weight excluding hydrogens is 411 g/mol. The highest BCUT2D eigenvalue weighted by atomic mass is 35.5. The lowest BCUT2D eigenvalue weighted by molar-refractivity contribution is -0.127. The van der Waals surface area contributed by atoms with Crippen molar-refractivity contribution in [2.75, 3.05) is 13.1 Å². The van der Waals surface area contributed by atoms with Crippen LogP contribution >= 0.6 is 23.2 Å². The zero-order chi connectivity index (χ0) is 20.8. The Morgan fingerprint density at radius 3 is 2.48 bits per heavy atom. The number of nitrogens with one attached hydrogen (secondary N) is 1. The van der Waals surface area contributed by atoms with Crippen molar-refractivity contribution in [2.24, 2.45) is 0 Å². The van der Waals surface area contributed by atoms with Crippen molar-refractivity contribution in [3.63, 3.8) is 0 Å². The van der Waals surface area contributed by atoms with Crippen LogP contribution in [0.5, 0.6) is 5.75 Å². The van der Waals surface area contributed by atoms with Crippen LogP contribution in [0.25, 0.3) is 0 Å². The van der Waals surface area contributed by atoms with Crippen LogP contribution < -0.4 is 10.1 Å². The zero-order valence-corrected chi connectivity index (χ0v) is 17.9. The molecule has 2 aromatic carbocycles. The van der Waals surface area contributed by atoms with E-state index in [9.17, 15) is 9.90 Å². The number of rotatable bonds is 7. The van der Waals surface area contributed by atoms with Gasteiger partial charge >= 0.3 is 0 Å².